The van der Waals surface area contributed by atoms with Crippen molar-refractivity contribution < 1.29 is 9.53 Å². The number of ether oxygens (including phenoxy) is 1. The Kier molecular flexibility index (Phi) is 7.71. The van der Waals surface area contributed by atoms with Gasteiger partial charge in [0.2, 0.25) is 0 Å². The predicted octanol–water partition coefficient (Wildman–Crippen LogP) is 5.72. The van der Waals surface area contributed by atoms with Crippen LogP contribution in [0.5, 0.6) is 0 Å². The minimum Gasteiger partial charge on any atom is -0.462 e. The van der Waals surface area contributed by atoms with Crippen molar-refractivity contribution in [1.82, 2.24) is 5.32 Å². The second-order valence-electron chi connectivity index (χ2n) is 6.74. The molecule has 0 bridgehead atoms. The van der Waals surface area contributed by atoms with Crippen LogP contribution in [0.2, 0.25) is 5.02 Å². The topological polar surface area (TPSA) is 50.4 Å². The van der Waals surface area contributed by atoms with Gasteiger partial charge in [-0.15, -0.1) is 11.3 Å². The molecule has 1 aliphatic rings. The molecule has 28 heavy (non-hydrogen) atoms. The largest absolute Gasteiger partial charge is 0.462 e. The van der Waals surface area contributed by atoms with Gasteiger partial charge in [0.1, 0.15) is 5.00 Å². The molecule has 0 radical (unpaired) electrons. The van der Waals surface area contributed by atoms with Crippen molar-refractivity contribution in [3.05, 3.63) is 50.9 Å². The Morgan fingerprint density at radius 2 is 1.96 bits per heavy atom. The van der Waals surface area contributed by atoms with Crippen LogP contribution >= 0.6 is 35.2 Å². The van der Waals surface area contributed by atoms with Crippen LogP contribution in [0.3, 0.4) is 0 Å². The molecular formula is C21H25ClN2O2S2. The molecule has 1 aromatic carbocycles. The molecule has 7 heteroatoms. The molecule has 0 saturated heterocycles. The first kappa shape index (κ1) is 21.1. The van der Waals surface area contributed by atoms with E-state index in [1.807, 2.05) is 31.2 Å². The summed E-state index contributed by atoms with van der Waals surface area (Å²) in [5.74, 6) is -0.267. The third kappa shape index (κ3) is 5.25. The molecule has 1 aromatic heterocycles. The van der Waals surface area contributed by atoms with Gasteiger partial charge in [-0.05, 0) is 62.0 Å². The lowest BCUT2D eigenvalue weighted by Crippen LogP contribution is -2.28. The van der Waals surface area contributed by atoms with E-state index in [1.54, 1.807) is 11.3 Å². The average Bonchev–Trinajstić information content (AvgIpc) is 2.97. The number of hydrogen-bond donors (Lipinski definition) is 2. The SMILES string of the molecule is CCOC(=O)c1c(NC(=S)NCc2ccccc2Cl)sc2c1CCCCCC2. The standard InChI is InChI=1S/C21H25ClN2O2S2/c1-2-26-20(25)18-15-10-5-3-4-6-12-17(15)28-19(18)24-21(27)23-13-14-9-7-8-11-16(14)22/h7-9,11H,2-6,10,12-13H2,1H3,(H2,23,24,27). The van der Waals surface area contributed by atoms with Crippen molar-refractivity contribution in [2.45, 2.75) is 52.0 Å². The van der Waals surface area contributed by atoms with Crippen LogP contribution in [0.15, 0.2) is 24.3 Å². The lowest BCUT2D eigenvalue weighted by molar-refractivity contribution is 0.0526. The molecule has 0 amide bonds. The number of esters is 1. The molecule has 150 valence electrons. The molecular weight excluding hydrogens is 412 g/mol. The second kappa shape index (κ2) is 10.2. The van der Waals surface area contributed by atoms with E-state index in [0.717, 1.165) is 41.8 Å². The van der Waals surface area contributed by atoms with E-state index in [0.29, 0.717) is 28.9 Å². The van der Waals surface area contributed by atoms with E-state index in [-0.39, 0.29) is 5.97 Å². The van der Waals surface area contributed by atoms with Gasteiger partial charge < -0.3 is 15.4 Å². The summed E-state index contributed by atoms with van der Waals surface area (Å²) < 4.78 is 5.34. The van der Waals surface area contributed by atoms with E-state index in [4.69, 9.17) is 28.6 Å². The Balaban J connectivity index is 1.77. The summed E-state index contributed by atoms with van der Waals surface area (Å²) in [7, 11) is 0. The van der Waals surface area contributed by atoms with Crippen molar-refractivity contribution in [3.63, 3.8) is 0 Å². The molecule has 4 nitrogen and oxygen atoms in total. The van der Waals surface area contributed by atoms with E-state index in [9.17, 15) is 4.79 Å². The van der Waals surface area contributed by atoms with Gasteiger partial charge in [0, 0.05) is 16.4 Å². The Morgan fingerprint density at radius 1 is 1.21 bits per heavy atom. The highest BCUT2D eigenvalue weighted by Crippen LogP contribution is 2.37. The fraction of sp³-hybridized carbons (Fsp3) is 0.429. The first-order valence-electron chi connectivity index (χ1n) is 9.70. The molecule has 1 aliphatic carbocycles. The van der Waals surface area contributed by atoms with Crippen molar-refractivity contribution in [3.8, 4) is 0 Å². The molecule has 2 N–H and O–H groups in total. The Morgan fingerprint density at radius 3 is 2.71 bits per heavy atom. The molecule has 0 atom stereocenters. The Bertz CT molecular complexity index is 851. The third-order valence-electron chi connectivity index (χ3n) is 4.78. The van der Waals surface area contributed by atoms with E-state index < -0.39 is 0 Å². The van der Waals surface area contributed by atoms with E-state index >= 15 is 0 Å². The minimum absolute atomic E-state index is 0.267. The van der Waals surface area contributed by atoms with Crippen LogP contribution in [-0.2, 0) is 24.1 Å². The van der Waals surface area contributed by atoms with E-state index in [1.165, 1.54) is 17.7 Å². The number of aryl methyl sites for hydroxylation is 1. The Labute approximate surface area is 180 Å². The Hall–Kier alpha value is -1.63. The predicted molar refractivity (Wildman–Crippen MR) is 121 cm³/mol. The number of thiocarbonyl (C=S) groups is 1. The summed E-state index contributed by atoms with van der Waals surface area (Å²) >= 11 is 13.3. The summed E-state index contributed by atoms with van der Waals surface area (Å²) in [5.41, 5.74) is 2.77. The molecule has 0 unspecified atom stereocenters. The number of benzene rings is 1. The summed E-state index contributed by atoms with van der Waals surface area (Å²) in [6.07, 6.45) is 6.63. The fourth-order valence-electron chi connectivity index (χ4n) is 3.39. The van der Waals surface area contributed by atoms with Gasteiger partial charge in [0.15, 0.2) is 5.11 Å². The fourth-order valence-corrected chi connectivity index (χ4v) is 5.11. The maximum absolute atomic E-state index is 12.7. The molecule has 0 aliphatic heterocycles. The van der Waals surface area contributed by atoms with Crippen LogP contribution in [0.25, 0.3) is 0 Å². The van der Waals surface area contributed by atoms with Crippen LogP contribution in [0.1, 0.15) is 59.0 Å². The zero-order valence-corrected chi connectivity index (χ0v) is 18.4. The van der Waals surface area contributed by atoms with Crippen molar-refractivity contribution in [2.75, 3.05) is 11.9 Å². The van der Waals surface area contributed by atoms with Crippen molar-refractivity contribution in [2.24, 2.45) is 0 Å². The highest BCUT2D eigenvalue weighted by molar-refractivity contribution is 7.80. The van der Waals surface area contributed by atoms with Crippen LogP contribution in [0, 0.1) is 0 Å². The number of nitrogens with one attached hydrogen (secondary N) is 2. The van der Waals surface area contributed by atoms with Gasteiger partial charge in [-0.1, -0.05) is 42.6 Å². The molecule has 1 heterocycles. The van der Waals surface area contributed by atoms with Gasteiger partial charge in [-0.25, -0.2) is 4.79 Å². The number of hydrogen-bond acceptors (Lipinski definition) is 4. The third-order valence-corrected chi connectivity index (χ3v) is 6.60. The first-order valence-corrected chi connectivity index (χ1v) is 11.3. The van der Waals surface area contributed by atoms with Crippen LogP contribution < -0.4 is 10.6 Å². The van der Waals surface area contributed by atoms with Crippen molar-refractivity contribution >= 4 is 51.2 Å². The zero-order chi connectivity index (χ0) is 19.9. The number of anilines is 1. The maximum atomic E-state index is 12.7. The summed E-state index contributed by atoms with van der Waals surface area (Å²) in [6, 6.07) is 7.65. The van der Waals surface area contributed by atoms with Gasteiger partial charge in [0.25, 0.3) is 0 Å². The van der Waals surface area contributed by atoms with Crippen molar-refractivity contribution in [1.29, 1.82) is 0 Å². The van der Waals surface area contributed by atoms with Crippen LogP contribution in [0.4, 0.5) is 5.00 Å². The lowest BCUT2D eigenvalue weighted by Gasteiger charge is -2.13. The smallest absolute Gasteiger partial charge is 0.341 e. The molecule has 0 saturated carbocycles. The highest BCUT2D eigenvalue weighted by Gasteiger charge is 2.25. The average molecular weight is 437 g/mol. The highest BCUT2D eigenvalue weighted by atomic mass is 35.5. The van der Waals surface area contributed by atoms with E-state index in [2.05, 4.69) is 10.6 Å². The molecule has 2 aromatic rings. The first-order chi connectivity index (χ1) is 13.6. The minimum atomic E-state index is -0.267. The molecule has 0 fully saturated rings. The quantitative estimate of drug-likeness (QED) is 0.463. The summed E-state index contributed by atoms with van der Waals surface area (Å²) in [4.78, 5) is 13.9. The lowest BCUT2D eigenvalue weighted by atomic mass is 9.96. The maximum Gasteiger partial charge on any atom is 0.341 e. The van der Waals surface area contributed by atoms with Gasteiger partial charge >= 0.3 is 5.97 Å². The normalized spacial score (nSPS) is 13.8. The molecule has 3 rings (SSSR count). The van der Waals surface area contributed by atoms with Crippen LogP contribution in [-0.4, -0.2) is 17.7 Å². The summed E-state index contributed by atoms with van der Waals surface area (Å²) in [5, 5.41) is 8.36. The number of fused-ring (bicyclic) bond motifs is 1. The number of halogens is 1. The number of thiophene rings is 1. The zero-order valence-electron chi connectivity index (χ0n) is 16.0. The number of carbonyl (C=O) groups is 1. The summed E-state index contributed by atoms with van der Waals surface area (Å²) in [6.45, 7) is 2.71. The van der Waals surface area contributed by atoms with Gasteiger partial charge in [-0.2, -0.15) is 0 Å². The van der Waals surface area contributed by atoms with Gasteiger partial charge in [0.05, 0.1) is 12.2 Å². The monoisotopic (exact) mass is 436 g/mol. The molecule has 0 spiro atoms. The number of rotatable bonds is 5. The van der Waals surface area contributed by atoms with Gasteiger partial charge in [-0.3, -0.25) is 0 Å². The second-order valence-corrected chi connectivity index (χ2v) is 8.66. The number of carbonyl (C=O) groups excluding carboxylic acids is 1.